The lowest BCUT2D eigenvalue weighted by Gasteiger charge is -2.07. The Balaban J connectivity index is 1.93. The highest BCUT2D eigenvalue weighted by atomic mass is 16.3. The molecule has 3 aromatic rings. The number of aryl methyl sites for hydroxylation is 2. The number of hydrogen-bond donors (Lipinski definition) is 1. The lowest BCUT2D eigenvalue weighted by Crippen LogP contribution is -1.93. The third kappa shape index (κ3) is 2.43. The van der Waals surface area contributed by atoms with Crippen LogP contribution in [0.4, 0.5) is 0 Å². The fourth-order valence-electron chi connectivity index (χ4n) is 2.39. The van der Waals surface area contributed by atoms with E-state index in [9.17, 15) is 5.11 Å². The maximum Gasteiger partial charge on any atom is 0.126 e. The van der Waals surface area contributed by atoms with E-state index in [1.807, 2.05) is 18.2 Å². The Bertz CT molecular complexity index is 687. The fraction of sp³-hybridized carbons (Fsp3) is 0.118. The van der Waals surface area contributed by atoms with Gasteiger partial charge in [-0.1, -0.05) is 42.5 Å². The van der Waals surface area contributed by atoms with Gasteiger partial charge in [0.05, 0.1) is 5.52 Å². The van der Waals surface area contributed by atoms with Crippen molar-refractivity contribution in [2.45, 2.75) is 12.8 Å². The average molecular weight is 249 g/mol. The standard InChI is InChI=1S/C17H15NO/c19-16-11-12-18-15-8-4-7-14(17(15)16)10-9-13-5-2-1-3-6-13/h1-8,11-12H,9-10H2,(H,18,19). The zero-order chi connectivity index (χ0) is 13.1. The second-order valence-corrected chi connectivity index (χ2v) is 4.63. The molecule has 0 aliphatic rings. The van der Waals surface area contributed by atoms with Gasteiger partial charge in [-0.15, -0.1) is 0 Å². The summed E-state index contributed by atoms with van der Waals surface area (Å²) in [5.74, 6) is 0.314. The van der Waals surface area contributed by atoms with Crippen LogP contribution in [0.3, 0.4) is 0 Å². The number of fused-ring (bicyclic) bond motifs is 1. The van der Waals surface area contributed by atoms with E-state index in [0.29, 0.717) is 5.75 Å². The van der Waals surface area contributed by atoms with E-state index < -0.39 is 0 Å². The predicted molar refractivity (Wildman–Crippen MR) is 77.3 cm³/mol. The van der Waals surface area contributed by atoms with Crippen molar-refractivity contribution in [2.24, 2.45) is 0 Å². The number of aromatic nitrogens is 1. The van der Waals surface area contributed by atoms with Crippen molar-refractivity contribution in [3.05, 3.63) is 71.9 Å². The fourth-order valence-corrected chi connectivity index (χ4v) is 2.39. The number of pyridine rings is 1. The zero-order valence-electron chi connectivity index (χ0n) is 10.6. The van der Waals surface area contributed by atoms with E-state index in [-0.39, 0.29) is 0 Å². The zero-order valence-corrected chi connectivity index (χ0v) is 10.6. The van der Waals surface area contributed by atoms with E-state index in [0.717, 1.165) is 29.3 Å². The van der Waals surface area contributed by atoms with Crippen LogP contribution in [0.5, 0.6) is 5.75 Å². The van der Waals surface area contributed by atoms with Crippen LogP contribution in [-0.2, 0) is 12.8 Å². The van der Waals surface area contributed by atoms with E-state index in [4.69, 9.17) is 0 Å². The largest absolute Gasteiger partial charge is 0.507 e. The molecule has 1 N–H and O–H groups in total. The van der Waals surface area contributed by atoms with Crippen LogP contribution < -0.4 is 0 Å². The van der Waals surface area contributed by atoms with Crippen molar-refractivity contribution in [2.75, 3.05) is 0 Å². The van der Waals surface area contributed by atoms with Crippen molar-refractivity contribution in [3.8, 4) is 5.75 Å². The maximum atomic E-state index is 10.0. The summed E-state index contributed by atoms with van der Waals surface area (Å²) in [4.78, 5) is 4.30. The van der Waals surface area contributed by atoms with Gasteiger partial charge in [-0.05, 0) is 36.1 Å². The lowest BCUT2D eigenvalue weighted by molar-refractivity contribution is 0.481. The summed E-state index contributed by atoms with van der Waals surface area (Å²) in [6.07, 6.45) is 3.51. The van der Waals surface area contributed by atoms with Gasteiger partial charge in [0, 0.05) is 11.6 Å². The second kappa shape index (κ2) is 5.11. The molecule has 0 unspecified atom stereocenters. The molecule has 0 radical (unpaired) electrons. The third-order valence-electron chi connectivity index (χ3n) is 3.36. The van der Waals surface area contributed by atoms with Crippen molar-refractivity contribution in [1.29, 1.82) is 0 Å². The number of hydrogen-bond acceptors (Lipinski definition) is 2. The molecule has 94 valence electrons. The van der Waals surface area contributed by atoms with Crippen LogP contribution in [0.1, 0.15) is 11.1 Å². The van der Waals surface area contributed by atoms with Crippen molar-refractivity contribution < 1.29 is 5.11 Å². The van der Waals surface area contributed by atoms with Gasteiger partial charge >= 0.3 is 0 Å². The van der Waals surface area contributed by atoms with Crippen LogP contribution in [0.15, 0.2) is 60.8 Å². The highest BCUT2D eigenvalue weighted by Crippen LogP contribution is 2.27. The molecule has 0 atom stereocenters. The molecule has 19 heavy (non-hydrogen) atoms. The van der Waals surface area contributed by atoms with Crippen molar-refractivity contribution in [1.82, 2.24) is 4.98 Å². The average Bonchev–Trinajstić information content (AvgIpc) is 2.46. The van der Waals surface area contributed by atoms with Gasteiger partial charge in [-0.3, -0.25) is 4.98 Å². The Morgan fingerprint density at radius 1 is 0.842 bits per heavy atom. The molecule has 0 aliphatic carbocycles. The highest BCUT2D eigenvalue weighted by Gasteiger charge is 2.06. The minimum atomic E-state index is 0.314. The molecule has 3 rings (SSSR count). The minimum absolute atomic E-state index is 0.314. The normalized spacial score (nSPS) is 10.7. The second-order valence-electron chi connectivity index (χ2n) is 4.63. The Morgan fingerprint density at radius 2 is 1.68 bits per heavy atom. The SMILES string of the molecule is Oc1ccnc2cccc(CCc3ccccc3)c12. The lowest BCUT2D eigenvalue weighted by atomic mass is 10.00. The Kier molecular flexibility index (Phi) is 3.15. The minimum Gasteiger partial charge on any atom is -0.507 e. The monoisotopic (exact) mass is 249 g/mol. The van der Waals surface area contributed by atoms with Crippen LogP contribution in [0.25, 0.3) is 10.9 Å². The predicted octanol–water partition coefficient (Wildman–Crippen LogP) is 3.73. The van der Waals surface area contributed by atoms with Crippen LogP contribution in [0, 0.1) is 0 Å². The Morgan fingerprint density at radius 3 is 2.53 bits per heavy atom. The third-order valence-corrected chi connectivity index (χ3v) is 3.36. The van der Waals surface area contributed by atoms with Gasteiger partial charge < -0.3 is 5.11 Å². The molecular formula is C17H15NO. The first-order chi connectivity index (χ1) is 9.34. The molecule has 0 spiro atoms. The quantitative estimate of drug-likeness (QED) is 0.767. The Labute approximate surface area is 112 Å². The summed E-state index contributed by atoms with van der Waals surface area (Å²) < 4.78 is 0. The van der Waals surface area contributed by atoms with Crippen LogP contribution in [0.2, 0.25) is 0 Å². The van der Waals surface area contributed by atoms with Gasteiger partial charge in [0.2, 0.25) is 0 Å². The molecule has 2 heteroatoms. The molecule has 0 saturated carbocycles. The summed E-state index contributed by atoms with van der Waals surface area (Å²) in [6, 6.07) is 18.0. The van der Waals surface area contributed by atoms with Crippen molar-refractivity contribution in [3.63, 3.8) is 0 Å². The molecule has 1 aromatic heterocycles. The molecule has 2 aromatic carbocycles. The molecule has 0 saturated heterocycles. The first kappa shape index (κ1) is 11.7. The number of benzene rings is 2. The molecule has 1 heterocycles. The first-order valence-corrected chi connectivity index (χ1v) is 6.44. The maximum absolute atomic E-state index is 10.0. The van der Waals surface area contributed by atoms with Gasteiger partial charge in [-0.2, -0.15) is 0 Å². The molecule has 0 aliphatic heterocycles. The Hall–Kier alpha value is -2.35. The highest BCUT2D eigenvalue weighted by molar-refractivity contribution is 5.87. The summed E-state index contributed by atoms with van der Waals surface area (Å²) in [7, 11) is 0. The summed E-state index contributed by atoms with van der Waals surface area (Å²) in [5.41, 5.74) is 3.31. The topological polar surface area (TPSA) is 33.1 Å². The number of nitrogens with zero attached hydrogens (tertiary/aromatic N) is 1. The molecule has 0 amide bonds. The molecule has 0 bridgehead atoms. The smallest absolute Gasteiger partial charge is 0.126 e. The van der Waals surface area contributed by atoms with Gasteiger partial charge in [-0.25, -0.2) is 0 Å². The molecule has 0 fully saturated rings. The van der Waals surface area contributed by atoms with E-state index in [2.05, 4.69) is 35.3 Å². The first-order valence-electron chi connectivity index (χ1n) is 6.44. The van der Waals surface area contributed by atoms with Crippen molar-refractivity contribution >= 4 is 10.9 Å². The number of aromatic hydroxyl groups is 1. The molecular weight excluding hydrogens is 234 g/mol. The van der Waals surface area contributed by atoms with Gasteiger partial charge in [0.25, 0.3) is 0 Å². The van der Waals surface area contributed by atoms with Crippen LogP contribution >= 0.6 is 0 Å². The molecule has 2 nitrogen and oxygen atoms in total. The summed E-state index contributed by atoms with van der Waals surface area (Å²) in [6.45, 7) is 0. The summed E-state index contributed by atoms with van der Waals surface area (Å²) >= 11 is 0. The van der Waals surface area contributed by atoms with Gasteiger partial charge in [0.15, 0.2) is 0 Å². The van der Waals surface area contributed by atoms with E-state index in [1.165, 1.54) is 5.56 Å². The number of rotatable bonds is 3. The van der Waals surface area contributed by atoms with Gasteiger partial charge in [0.1, 0.15) is 5.75 Å². The van der Waals surface area contributed by atoms with E-state index in [1.54, 1.807) is 12.3 Å². The van der Waals surface area contributed by atoms with Crippen LogP contribution in [-0.4, -0.2) is 10.1 Å². The van der Waals surface area contributed by atoms with E-state index >= 15 is 0 Å². The summed E-state index contributed by atoms with van der Waals surface area (Å²) in [5, 5.41) is 10.9.